The molecule has 5 nitrogen and oxygen atoms in total. The molecule has 1 aromatic carbocycles. The Morgan fingerprint density at radius 3 is 2.79 bits per heavy atom. The summed E-state index contributed by atoms with van der Waals surface area (Å²) in [5.41, 5.74) is 7.07. The highest BCUT2D eigenvalue weighted by molar-refractivity contribution is 7.80. The second kappa shape index (κ2) is 5.19. The zero-order valence-electron chi connectivity index (χ0n) is 10.7. The largest absolute Gasteiger partial charge is 0.389 e. The Balaban J connectivity index is 2.43. The molecule has 0 fully saturated rings. The molecule has 6 heteroatoms. The molecule has 1 aromatic heterocycles. The number of nitrogens with zero attached hydrogens (tertiary/aromatic N) is 2. The number of aryl methyl sites for hydroxylation is 1. The van der Waals surface area contributed by atoms with Gasteiger partial charge in [0.2, 0.25) is 0 Å². The number of H-pyrrole nitrogens is 1. The Morgan fingerprint density at radius 2 is 2.16 bits per heavy atom. The van der Waals surface area contributed by atoms with Crippen LogP contribution in [0.5, 0.6) is 0 Å². The van der Waals surface area contributed by atoms with Crippen LogP contribution in [0.25, 0.3) is 0 Å². The first-order valence-electron chi connectivity index (χ1n) is 5.69. The maximum atomic E-state index is 11.5. The Hall–Kier alpha value is -2.21. The molecular weight excluding hydrogens is 260 g/mol. The number of aromatic amines is 1. The molecular formula is C13H14N4OS. The van der Waals surface area contributed by atoms with Crippen LogP contribution in [0.2, 0.25) is 0 Å². The molecule has 0 spiro atoms. The molecule has 0 amide bonds. The number of benzene rings is 1. The van der Waals surface area contributed by atoms with Crippen LogP contribution in [-0.4, -0.2) is 22.0 Å². The van der Waals surface area contributed by atoms with Crippen molar-refractivity contribution in [1.29, 1.82) is 0 Å². The van der Waals surface area contributed by atoms with E-state index in [-0.39, 0.29) is 5.56 Å². The van der Waals surface area contributed by atoms with Gasteiger partial charge in [-0.25, -0.2) is 4.98 Å². The number of rotatable bonds is 3. The first-order chi connectivity index (χ1) is 8.97. The number of anilines is 2. The van der Waals surface area contributed by atoms with Crippen LogP contribution in [0.4, 0.5) is 11.5 Å². The van der Waals surface area contributed by atoms with Crippen LogP contribution in [0.3, 0.4) is 0 Å². The molecule has 0 aliphatic heterocycles. The second-order valence-corrected chi connectivity index (χ2v) is 4.60. The average Bonchev–Trinajstić information content (AvgIpc) is 2.37. The molecule has 0 saturated carbocycles. The summed E-state index contributed by atoms with van der Waals surface area (Å²) in [5.74, 6) is 1.14. The monoisotopic (exact) mass is 274 g/mol. The van der Waals surface area contributed by atoms with Gasteiger partial charge in [0, 0.05) is 24.4 Å². The molecule has 0 radical (unpaired) electrons. The van der Waals surface area contributed by atoms with Gasteiger partial charge in [-0.3, -0.25) is 4.79 Å². The normalized spacial score (nSPS) is 10.2. The van der Waals surface area contributed by atoms with Gasteiger partial charge in [-0.15, -0.1) is 0 Å². The van der Waals surface area contributed by atoms with Crippen molar-refractivity contribution in [3.63, 3.8) is 0 Å². The van der Waals surface area contributed by atoms with Crippen molar-refractivity contribution < 1.29 is 0 Å². The highest BCUT2D eigenvalue weighted by atomic mass is 32.1. The minimum Gasteiger partial charge on any atom is -0.389 e. The summed E-state index contributed by atoms with van der Waals surface area (Å²) in [4.78, 5) is 20.5. The molecule has 19 heavy (non-hydrogen) atoms. The Bertz CT molecular complexity index is 680. The van der Waals surface area contributed by atoms with Crippen molar-refractivity contribution in [2.45, 2.75) is 6.92 Å². The van der Waals surface area contributed by atoms with Crippen molar-refractivity contribution in [2.24, 2.45) is 5.73 Å². The third-order valence-corrected chi connectivity index (χ3v) is 2.94. The van der Waals surface area contributed by atoms with E-state index >= 15 is 0 Å². The standard InChI is InChI=1S/C13H14N4OS/c1-8-15-11(7-12(18)16-8)17(2)10-5-3-4-9(6-10)13(14)19/h3-7H,1-2H3,(H2,14,19)(H,15,16,18). The summed E-state index contributed by atoms with van der Waals surface area (Å²) in [6.07, 6.45) is 0. The van der Waals surface area contributed by atoms with Gasteiger partial charge in [0.1, 0.15) is 16.6 Å². The van der Waals surface area contributed by atoms with Gasteiger partial charge < -0.3 is 15.6 Å². The lowest BCUT2D eigenvalue weighted by atomic mass is 10.2. The first kappa shape index (κ1) is 13.2. The van der Waals surface area contributed by atoms with E-state index in [1.54, 1.807) is 6.92 Å². The fourth-order valence-corrected chi connectivity index (χ4v) is 1.86. The van der Waals surface area contributed by atoms with Crippen LogP contribution < -0.4 is 16.2 Å². The summed E-state index contributed by atoms with van der Waals surface area (Å²) in [6.45, 7) is 1.74. The van der Waals surface area contributed by atoms with Gasteiger partial charge in [-0.2, -0.15) is 0 Å². The smallest absolute Gasteiger partial charge is 0.252 e. The van der Waals surface area contributed by atoms with E-state index in [2.05, 4.69) is 9.97 Å². The lowest BCUT2D eigenvalue weighted by Crippen LogP contribution is -2.18. The van der Waals surface area contributed by atoms with Gasteiger partial charge in [-0.1, -0.05) is 24.4 Å². The summed E-state index contributed by atoms with van der Waals surface area (Å²) in [5, 5.41) is 0. The van der Waals surface area contributed by atoms with Crippen LogP contribution in [0, 0.1) is 6.92 Å². The topological polar surface area (TPSA) is 75.0 Å². The average molecular weight is 274 g/mol. The minimum atomic E-state index is -0.181. The number of nitrogens with two attached hydrogens (primary N) is 1. The molecule has 0 atom stereocenters. The van der Waals surface area contributed by atoms with Gasteiger partial charge in [0.25, 0.3) is 5.56 Å². The molecule has 0 aliphatic rings. The molecule has 0 unspecified atom stereocenters. The lowest BCUT2D eigenvalue weighted by molar-refractivity contribution is 0.987. The molecule has 0 bridgehead atoms. The lowest BCUT2D eigenvalue weighted by Gasteiger charge is -2.19. The van der Waals surface area contributed by atoms with E-state index in [1.807, 2.05) is 36.2 Å². The molecule has 0 aliphatic carbocycles. The van der Waals surface area contributed by atoms with Gasteiger partial charge in [-0.05, 0) is 19.1 Å². The van der Waals surface area contributed by atoms with E-state index in [1.165, 1.54) is 6.07 Å². The first-order valence-corrected chi connectivity index (χ1v) is 6.10. The van der Waals surface area contributed by atoms with Gasteiger partial charge >= 0.3 is 0 Å². The maximum Gasteiger partial charge on any atom is 0.252 e. The van der Waals surface area contributed by atoms with Crippen molar-refractivity contribution in [2.75, 3.05) is 11.9 Å². The van der Waals surface area contributed by atoms with Crippen LogP contribution in [0.1, 0.15) is 11.4 Å². The molecule has 2 rings (SSSR count). The van der Waals surface area contributed by atoms with Crippen molar-refractivity contribution in [1.82, 2.24) is 9.97 Å². The fraction of sp³-hybridized carbons (Fsp3) is 0.154. The highest BCUT2D eigenvalue weighted by Gasteiger charge is 2.08. The molecule has 2 aromatic rings. The summed E-state index contributed by atoms with van der Waals surface area (Å²) >= 11 is 4.96. The van der Waals surface area contributed by atoms with E-state index in [9.17, 15) is 4.79 Å². The number of thiocarbonyl (C=S) groups is 1. The fourth-order valence-electron chi connectivity index (χ4n) is 1.74. The predicted octanol–water partition coefficient (Wildman–Crippen LogP) is 1.48. The molecule has 3 N–H and O–H groups in total. The van der Waals surface area contributed by atoms with E-state index in [4.69, 9.17) is 18.0 Å². The molecule has 0 saturated heterocycles. The summed E-state index contributed by atoms with van der Waals surface area (Å²) in [6, 6.07) is 8.91. The Labute approximate surface area is 116 Å². The van der Waals surface area contributed by atoms with Crippen molar-refractivity contribution >= 4 is 28.7 Å². The predicted molar refractivity (Wildman–Crippen MR) is 80.0 cm³/mol. The summed E-state index contributed by atoms with van der Waals surface area (Å²) < 4.78 is 0. The van der Waals surface area contributed by atoms with E-state index < -0.39 is 0 Å². The van der Waals surface area contributed by atoms with Gasteiger partial charge in [0.15, 0.2) is 0 Å². The quantitative estimate of drug-likeness (QED) is 0.829. The molecule has 98 valence electrons. The number of nitrogens with one attached hydrogen (secondary N) is 1. The van der Waals surface area contributed by atoms with Crippen LogP contribution in [-0.2, 0) is 0 Å². The zero-order chi connectivity index (χ0) is 14.0. The van der Waals surface area contributed by atoms with Crippen LogP contribution in [0.15, 0.2) is 35.1 Å². The Morgan fingerprint density at radius 1 is 1.42 bits per heavy atom. The van der Waals surface area contributed by atoms with E-state index in [0.717, 1.165) is 11.3 Å². The van der Waals surface area contributed by atoms with E-state index in [0.29, 0.717) is 16.6 Å². The minimum absolute atomic E-state index is 0.181. The molecule has 1 heterocycles. The Kier molecular flexibility index (Phi) is 3.62. The third-order valence-electron chi connectivity index (χ3n) is 2.71. The van der Waals surface area contributed by atoms with Gasteiger partial charge in [0.05, 0.1) is 0 Å². The number of hydrogen-bond acceptors (Lipinski definition) is 4. The second-order valence-electron chi connectivity index (χ2n) is 4.16. The maximum absolute atomic E-state index is 11.5. The third kappa shape index (κ3) is 2.97. The van der Waals surface area contributed by atoms with Crippen molar-refractivity contribution in [3.8, 4) is 0 Å². The zero-order valence-corrected chi connectivity index (χ0v) is 11.5. The van der Waals surface area contributed by atoms with Crippen LogP contribution >= 0.6 is 12.2 Å². The SMILES string of the molecule is Cc1nc(N(C)c2cccc(C(N)=S)c2)cc(=O)[nH]1. The summed E-state index contributed by atoms with van der Waals surface area (Å²) in [7, 11) is 1.83. The van der Waals surface area contributed by atoms with Crippen molar-refractivity contribution in [3.05, 3.63) is 52.1 Å². The number of hydrogen-bond donors (Lipinski definition) is 2. The highest BCUT2D eigenvalue weighted by Crippen LogP contribution is 2.21. The number of aromatic nitrogens is 2.